The van der Waals surface area contributed by atoms with E-state index >= 15 is 0 Å². The Kier molecular flexibility index (Phi) is 8.18. The van der Waals surface area contributed by atoms with E-state index in [0.29, 0.717) is 19.4 Å². The van der Waals surface area contributed by atoms with Gasteiger partial charge in [0.05, 0.1) is 6.10 Å². The van der Waals surface area contributed by atoms with Crippen LogP contribution in [0.3, 0.4) is 0 Å². The average Bonchev–Trinajstić information content (AvgIpc) is 2.36. The summed E-state index contributed by atoms with van der Waals surface area (Å²) in [7, 11) is 0. The Morgan fingerprint density at radius 2 is 2.11 bits per heavy atom. The summed E-state index contributed by atoms with van der Waals surface area (Å²) in [5, 5.41) is 11.9. The van der Waals surface area contributed by atoms with Crippen LogP contribution in [0.15, 0.2) is 33.6 Å². The number of thioether (sulfide) groups is 1. The lowest BCUT2D eigenvalue weighted by Gasteiger charge is -2.06. The quantitative estimate of drug-likeness (QED) is 0.561. The summed E-state index contributed by atoms with van der Waals surface area (Å²) in [5.74, 6) is 1.00. The van der Waals surface area contributed by atoms with Crippen LogP contribution in [0.4, 0.5) is 0 Å². The van der Waals surface area contributed by atoms with Crippen LogP contribution in [-0.4, -0.2) is 29.4 Å². The summed E-state index contributed by atoms with van der Waals surface area (Å²) < 4.78 is 1.08. The van der Waals surface area contributed by atoms with Crippen LogP contribution >= 0.6 is 27.7 Å². The molecule has 0 aromatic heterocycles. The third-order valence-electron chi connectivity index (χ3n) is 2.51. The van der Waals surface area contributed by atoms with Gasteiger partial charge in [0.2, 0.25) is 5.91 Å². The summed E-state index contributed by atoms with van der Waals surface area (Å²) in [6.07, 6.45) is 1.66. The number of hydrogen-bond donors (Lipinski definition) is 2. The fourth-order valence-corrected chi connectivity index (χ4v) is 2.58. The van der Waals surface area contributed by atoms with Gasteiger partial charge in [0.25, 0.3) is 0 Å². The van der Waals surface area contributed by atoms with Crippen molar-refractivity contribution in [1.29, 1.82) is 0 Å². The van der Waals surface area contributed by atoms with Gasteiger partial charge in [-0.25, -0.2) is 0 Å². The van der Waals surface area contributed by atoms with Crippen LogP contribution in [0.2, 0.25) is 0 Å². The molecule has 1 amide bonds. The highest BCUT2D eigenvalue weighted by atomic mass is 79.9. The van der Waals surface area contributed by atoms with E-state index in [0.717, 1.165) is 16.6 Å². The van der Waals surface area contributed by atoms with E-state index in [4.69, 9.17) is 5.11 Å². The molecule has 19 heavy (non-hydrogen) atoms. The zero-order valence-electron chi connectivity index (χ0n) is 11.1. The van der Waals surface area contributed by atoms with Crippen LogP contribution in [0.25, 0.3) is 0 Å². The molecule has 1 unspecified atom stereocenters. The molecule has 0 radical (unpaired) electrons. The highest BCUT2D eigenvalue weighted by Gasteiger charge is 2.02. The molecule has 3 nitrogen and oxygen atoms in total. The number of aliphatic hydroxyl groups excluding tert-OH is 1. The molecule has 1 aromatic carbocycles. The number of halogens is 1. The predicted octanol–water partition coefficient (Wildman–Crippen LogP) is 3.21. The number of aliphatic hydroxyl groups is 1. The molecule has 1 rings (SSSR count). The molecule has 0 saturated heterocycles. The highest BCUT2D eigenvalue weighted by Crippen LogP contribution is 2.21. The van der Waals surface area contributed by atoms with Gasteiger partial charge in [-0.3, -0.25) is 4.79 Å². The van der Waals surface area contributed by atoms with Crippen LogP contribution in [-0.2, 0) is 4.79 Å². The Hall–Kier alpha value is -0.520. The zero-order valence-corrected chi connectivity index (χ0v) is 13.5. The minimum absolute atomic E-state index is 0.0667. The van der Waals surface area contributed by atoms with E-state index in [1.807, 2.05) is 12.1 Å². The van der Waals surface area contributed by atoms with E-state index in [9.17, 15) is 4.79 Å². The second-order valence-corrected chi connectivity index (χ2v) is 6.48. The Morgan fingerprint density at radius 1 is 1.42 bits per heavy atom. The molecule has 0 fully saturated rings. The van der Waals surface area contributed by atoms with Crippen molar-refractivity contribution in [2.75, 3.05) is 12.3 Å². The third-order valence-corrected chi connectivity index (χ3v) is 4.14. The first kappa shape index (κ1) is 16.5. The van der Waals surface area contributed by atoms with E-state index in [1.54, 1.807) is 18.7 Å². The molecule has 2 N–H and O–H groups in total. The van der Waals surface area contributed by atoms with Crippen molar-refractivity contribution >= 4 is 33.6 Å². The fraction of sp³-hybridized carbons (Fsp3) is 0.500. The van der Waals surface area contributed by atoms with Gasteiger partial charge in [0.15, 0.2) is 0 Å². The van der Waals surface area contributed by atoms with Crippen molar-refractivity contribution in [3.63, 3.8) is 0 Å². The Labute approximate surface area is 127 Å². The number of hydrogen-bond acceptors (Lipinski definition) is 3. The molecule has 1 aromatic rings. The highest BCUT2D eigenvalue weighted by molar-refractivity contribution is 9.10. The molecule has 5 heteroatoms. The largest absolute Gasteiger partial charge is 0.393 e. The summed E-state index contributed by atoms with van der Waals surface area (Å²) in [6, 6.07) is 8.17. The summed E-state index contributed by atoms with van der Waals surface area (Å²) in [4.78, 5) is 12.7. The summed E-state index contributed by atoms with van der Waals surface area (Å²) in [6.45, 7) is 2.28. The van der Waals surface area contributed by atoms with Crippen molar-refractivity contribution in [3.05, 3.63) is 28.7 Å². The number of amides is 1. The van der Waals surface area contributed by atoms with Crippen molar-refractivity contribution in [2.24, 2.45) is 0 Å². The smallest absolute Gasteiger partial charge is 0.220 e. The molecule has 0 spiro atoms. The van der Waals surface area contributed by atoms with Crippen molar-refractivity contribution in [2.45, 2.75) is 37.2 Å². The number of benzene rings is 1. The Morgan fingerprint density at radius 3 is 2.74 bits per heavy atom. The molecule has 0 aliphatic heterocycles. The lowest BCUT2D eigenvalue weighted by molar-refractivity contribution is -0.121. The predicted molar refractivity (Wildman–Crippen MR) is 83.4 cm³/mol. The van der Waals surface area contributed by atoms with Crippen molar-refractivity contribution in [3.8, 4) is 0 Å². The first-order valence-corrected chi connectivity index (χ1v) is 8.19. The van der Waals surface area contributed by atoms with Gasteiger partial charge in [0, 0.05) is 22.3 Å². The second kappa shape index (κ2) is 9.39. The Balaban J connectivity index is 2.07. The molecule has 0 saturated carbocycles. The maximum Gasteiger partial charge on any atom is 0.220 e. The van der Waals surface area contributed by atoms with Gasteiger partial charge in [-0.05, 0) is 49.8 Å². The molecule has 0 aliphatic rings. The molecular formula is C14H20BrNO2S. The average molecular weight is 346 g/mol. The lowest BCUT2D eigenvalue weighted by Crippen LogP contribution is -2.26. The molecular weight excluding hydrogens is 326 g/mol. The van der Waals surface area contributed by atoms with E-state index in [1.165, 1.54) is 4.90 Å². The van der Waals surface area contributed by atoms with E-state index < -0.39 is 0 Å². The molecule has 0 heterocycles. The first-order valence-electron chi connectivity index (χ1n) is 6.41. The monoisotopic (exact) mass is 345 g/mol. The minimum Gasteiger partial charge on any atom is -0.393 e. The van der Waals surface area contributed by atoms with E-state index in [2.05, 4.69) is 33.4 Å². The molecule has 1 atom stereocenters. The van der Waals surface area contributed by atoms with Crippen LogP contribution in [0.1, 0.15) is 26.2 Å². The SMILES string of the molecule is CC(O)CCNC(=O)CCCSc1ccc(Br)cc1. The number of nitrogens with one attached hydrogen (secondary N) is 1. The van der Waals surface area contributed by atoms with Crippen LogP contribution in [0.5, 0.6) is 0 Å². The maximum absolute atomic E-state index is 11.5. The zero-order chi connectivity index (χ0) is 14.1. The minimum atomic E-state index is -0.353. The van der Waals surface area contributed by atoms with Crippen LogP contribution in [0, 0.1) is 0 Å². The molecule has 0 bridgehead atoms. The summed E-state index contributed by atoms with van der Waals surface area (Å²) >= 11 is 5.16. The lowest BCUT2D eigenvalue weighted by atomic mass is 10.2. The normalized spacial score (nSPS) is 12.2. The fourth-order valence-electron chi connectivity index (χ4n) is 1.46. The third kappa shape index (κ3) is 8.29. The topological polar surface area (TPSA) is 49.3 Å². The molecule has 0 aliphatic carbocycles. The standard InChI is InChI=1S/C14H20BrNO2S/c1-11(17)8-9-16-14(18)3-2-10-19-13-6-4-12(15)5-7-13/h4-7,11,17H,2-3,8-10H2,1H3,(H,16,18). The number of carbonyl (C=O) groups excluding carboxylic acids is 1. The van der Waals surface area contributed by atoms with Crippen LogP contribution < -0.4 is 5.32 Å². The first-order chi connectivity index (χ1) is 9.08. The maximum atomic E-state index is 11.5. The van der Waals surface area contributed by atoms with Gasteiger partial charge in [-0.15, -0.1) is 11.8 Å². The molecule has 106 valence electrons. The van der Waals surface area contributed by atoms with Gasteiger partial charge in [0.1, 0.15) is 0 Å². The van der Waals surface area contributed by atoms with Gasteiger partial charge in [-0.1, -0.05) is 15.9 Å². The summed E-state index contributed by atoms with van der Waals surface area (Å²) in [5.41, 5.74) is 0. The van der Waals surface area contributed by atoms with Crippen molar-refractivity contribution in [1.82, 2.24) is 5.32 Å². The van der Waals surface area contributed by atoms with Gasteiger partial charge in [-0.2, -0.15) is 0 Å². The van der Waals surface area contributed by atoms with Gasteiger partial charge < -0.3 is 10.4 Å². The van der Waals surface area contributed by atoms with Crippen molar-refractivity contribution < 1.29 is 9.90 Å². The number of carbonyl (C=O) groups is 1. The van der Waals surface area contributed by atoms with Gasteiger partial charge >= 0.3 is 0 Å². The van der Waals surface area contributed by atoms with E-state index in [-0.39, 0.29) is 12.0 Å². The Bertz CT molecular complexity index is 382. The second-order valence-electron chi connectivity index (χ2n) is 4.39. The number of rotatable bonds is 8.